The molecule has 1 aliphatic heterocycles. The van der Waals surface area contributed by atoms with Crippen molar-refractivity contribution in [1.82, 2.24) is 10.6 Å². The SMILES string of the molecule is Cc1cc(OCc2ccccc2)c([C@@H]2O[C@H](COCc3ccccc3)[C@@H](OCc3ccccc3)[C@H](OCc3ccccc3)[C@H]2OCc2ccccc2)cc1Cc1ccc(/C=C/CNC(=O)NC(CO)(CO)CO)cc1. The second kappa shape index (κ2) is 28.1. The van der Waals surface area contributed by atoms with Gasteiger partial charge in [0.05, 0.1) is 52.9 Å². The zero-order valence-corrected chi connectivity index (χ0v) is 42.4. The van der Waals surface area contributed by atoms with E-state index in [4.69, 9.17) is 28.4 Å². The largest absolute Gasteiger partial charge is 0.489 e. The van der Waals surface area contributed by atoms with Crippen LogP contribution in [-0.4, -0.2) is 84.3 Å². The van der Waals surface area contributed by atoms with Gasteiger partial charge in [-0.05, 0) is 75.5 Å². The molecule has 12 heteroatoms. The van der Waals surface area contributed by atoms with E-state index in [1.165, 1.54) is 0 Å². The Morgan fingerprint density at radius 1 is 0.573 bits per heavy atom. The summed E-state index contributed by atoms with van der Waals surface area (Å²) >= 11 is 0. The van der Waals surface area contributed by atoms with Crippen LogP contribution >= 0.6 is 0 Å². The second-order valence-corrected chi connectivity index (χ2v) is 18.9. The minimum atomic E-state index is -1.51. The van der Waals surface area contributed by atoms with E-state index in [-0.39, 0.29) is 19.8 Å². The van der Waals surface area contributed by atoms with E-state index in [0.29, 0.717) is 38.6 Å². The quantitative estimate of drug-likeness (QED) is 0.0354. The van der Waals surface area contributed by atoms with Crippen LogP contribution in [0.15, 0.2) is 194 Å². The highest BCUT2D eigenvalue weighted by atomic mass is 16.6. The summed E-state index contributed by atoms with van der Waals surface area (Å²) in [5.41, 5.74) is 8.54. The van der Waals surface area contributed by atoms with Crippen LogP contribution in [0.3, 0.4) is 0 Å². The summed E-state index contributed by atoms with van der Waals surface area (Å²) in [6.45, 7) is 2.30. The summed E-state index contributed by atoms with van der Waals surface area (Å²) in [5, 5.41) is 33.8. The van der Waals surface area contributed by atoms with E-state index in [1.54, 1.807) is 6.08 Å². The lowest BCUT2D eigenvalue weighted by Crippen LogP contribution is -2.59. The lowest BCUT2D eigenvalue weighted by atomic mass is 9.87. The lowest BCUT2D eigenvalue weighted by Gasteiger charge is -2.46. The molecule has 0 aromatic heterocycles. The van der Waals surface area contributed by atoms with Crippen LogP contribution in [0.25, 0.3) is 6.08 Å². The van der Waals surface area contributed by atoms with Gasteiger partial charge in [-0.25, -0.2) is 4.79 Å². The van der Waals surface area contributed by atoms with Gasteiger partial charge in [-0.2, -0.15) is 0 Å². The minimum Gasteiger partial charge on any atom is -0.489 e. The Balaban J connectivity index is 1.14. The highest BCUT2D eigenvalue weighted by Gasteiger charge is 2.50. The third-order valence-electron chi connectivity index (χ3n) is 13.2. The fourth-order valence-corrected chi connectivity index (χ4v) is 8.92. The highest BCUT2D eigenvalue weighted by molar-refractivity contribution is 5.75. The average molecular weight is 1010 g/mol. The predicted molar refractivity (Wildman–Crippen MR) is 290 cm³/mol. The maximum atomic E-state index is 12.4. The van der Waals surface area contributed by atoms with Gasteiger partial charge in [0.2, 0.25) is 0 Å². The number of aliphatic hydroxyl groups is 3. The van der Waals surface area contributed by atoms with Gasteiger partial charge in [0.25, 0.3) is 0 Å². The van der Waals surface area contributed by atoms with E-state index >= 15 is 0 Å². The Kier molecular flexibility index (Phi) is 20.3. The van der Waals surface area contributed by atoms with E-state index < -0.39 is 61.9 Å². The van der Waals surface area contributed by atoms with Crippen LogP contribution < -0.4 is 15.4 Å². The first-order chi connectivity index (χ1) is 36.8. The lowest BCUT2D eigenvalue weighted by molar-refractivity contribution is -0.275. The molecule has 390 valence electrons. The number of benzene rings is 7. The molecule has 1 heterocycles. The number of carbonyl (C=O) groups is 1. The number of aryl methyl sites for hydroxylation is 1. The number of amides is 2. The maximum absolute atomic E-state index is 12.4. The molecular weight excluding hydrogens is 945 g/mol. The Hall–Kier alpha value is -6.97. The number of hydrogen-bond acceptors (Lipinski definition) is 10. The molecule has 7 aromatic rings. The van der Waals surface area contributed by atoms with E-state index in [9.17, 15) is 20.1 Å². The molecule has 2 amide bonds. The maximum Gasteiger partial charge on any atom is 0.315 e. The molecule has 75 heavy (non-hydrogen) atoms. The Morgan fingerprint density at radius 3 is 1.57 bits per heavy atom. The van der Waals surface area contributed by atoms with Crippen molar-refractivity contribution in [1.29, 1.82) is 0 Å². The van der Waals surface area contributed by atoms with Gasteiger partial charge in [-0.15, -0.1) is 0 Å². The Labute approximate surface area is 440 Å². The van der Waals surface area contributed by atoms with Crippen molar-refractivity contribution < 1.29 is 48.5 Å². The van der Waals surface area contributed by atoms with Crippen LogP contribution in [0.2, 0.25) is 0 Å². The van der Waals surface area contributed by atoms with Gasteiger partial charge in [0, 0.05) is 12.1 Å². The summed E-state index contributed by atoms with van der Waals surface area (Å²) in [7, 11) is 0. The summed E-state index contributed by atoms with van der Waals surface area (Å²) in [5.74, 6) is 0.672. The van der Waals surface area contributed by atoms with Gasteiger partial charge in [-0.3, -0.25) is 0 Å². The normalized spacial score (nSPS) is 17.7. The standard InChI is InChI=1S/C63H68N2O10/c1-46-34-56(71-38-50-20-9-3-10-21-50)55(36-54(46)35-48-31-29-47(30-32-48)28-17-33-64-62(69)65-63(43-66,44-67)45-68)58-60(73-40-52-24-13-5-14-25-52)61(74-41-53-26-15-6-16-27-53)59(72-39-51-22-11-4-12-23-51)57(75-58)42-70-37-49-18-7-2-8-19-49/h2-32,34,36,57-61,66-68H,33,35,37-45H2,1H3,(H2,64,65,69)/b28-17+/t57-,58+,59-,60+,61+/m1/s1. The summed E-state index contributed by atoms with van der Waals surface area (Å²) < 4.78 is 42.2. The molecule has 0 saturated carbocycles. The van der Waals surface area contributed by atoms with Crippen molar-refractivity contribution in [3.05, 3.63) is 250 Å². The monoisotopic (exact) mass is 1010 g/mol. The number of rotatable bonds is 26. The first-order valence-corrected chi connectivity index (χ1v) is 25.5. The van der Waals surface area contributed by atoms with Crippen molar-refractivity contribution in [2.75, 3.05) is 33.0 Å². The van der Waals surface area contributed by atoms with Crippen molar-refractivity contribution in [3.63, 3.8) is 0 Å². The van der Waals surface area contributed by atoms with Gasteiger partial charge >= 0.3 is 6.03 Å². The second-order valence-electron chi connectivity index (χ2n) is 18.9. The third-order valence-corrected chi connectivity index (χ3v) is 13.2. The van der Waals surface area contributed by atoms with E-state index in [2.05, 4.69) is 90.4 Å². The third kappa shape index (κ3) is 15.8. The van der Waals surface area contributed by atoms with Crippen molar-refractivity contribution >= 4 is 12.1 Å². The zero-order valence-electron chi connectivity index (χ0n) is 42.4. The summed E-state index contributed by atoms with van der Waals surface area (Å²) in [4.78, 5) is 12.4. The fraction of sp³-hybridized carbons (Fsp3) is 0.286. The minimum absolute atomic E-state index is 0.184. The predicted octanol–water partition coefficient (Wildman–Crippen LogP) is 9.61. The molecule has 1 aliphatic rings. The average Bonchev–Trinajstić information content (AvgIpc) is 3.47. The van der Waals surface area contributed by atoms with Gasteiger partial charge < -0.3 is 54.4 Å². The zero-order chi connectivity index (χ0) is 52.1. The number of ether oxygens (including phenoxy) is 6. The number of nitrogens with one attached hydrogen (secondary N) is 2. The number of hydrogen-bond donors (Lipinski definition) is 5. The topological polar surface area (TPSA) is 157 Å². The van der Waals surface area contributed by atoms with Crippen LogP contribution in [-0.2, 0) is 63.1 Å². The molecule has 1 saturated heterocycles. The molecule has 1 fully saturated rings. The Morgan fingerprint density at radius 2 is 1.05 bits per heavy atom. The van der Waals surface area contributed by atoms with Crippen LogP contribution in [0.4, 0.5) is 4.79 Å². The van der Waals surface area contributed by atoms with E-state index in [0.717, 1.165) is 55.6 Å². The highest BCUT2D eigenvalue weighted by Crippen LogP contribution is 2.43. The first kappa shape index (κ1) is 54.3. The van der Waals surface area contributed by atoms with Gasteiger partial charge in [-0.1, -0.05) is 188 Å². The first-order valence-electron chi connectivity index (χ1n) is 25.5. The van der Waals surface area contributed by atoms with Crippen LogP contribution in [0.5, 0.6) is 5.75 Å². The van der Waals surface area contributed by atoms with Crippen LogP contribution in [0, 0.1) is 6.92 Å². The molecule has 5 N–H and O–H groups in total. The smallest absolute Gasteiger partial charge is 0.315 e. The number of carbonyl (C=O) groups excluding carboxylic acids is 1. The van der Waals surface area contributed by atoms with Crippen molar-refractivity contribution in [3.8, 4) is 5.75 Å². The van der Waals surface area contributed by atoms with Gasteiger partial charge in [0.15, 0.2) is 0 Å². The molecular formula is C63H68N2O10. The van der Waals surface area contributed by atoms with Crippen molar-refractivity contribution in [2.45, 2.75) is 82.4 Å². The fourth-order valence-electron chi connectivity index (χ4n) is 8.92. The van der Waals surface area contributed by atoms with Gasteiger partial charge in [0.1, 0.15) is 48.4 Å². The number of aliphatic hydroxyl groups excluding tert-OH is 3. The Bertz CT molecular complexity index is 2790. The molecule has 0 aliphatic carbocycles. The molecule has 8 rings (SSSR count). The molecule has 0 unspecified atom stereocenters. The molecule has 0 bridgehead atoms. The molecule has 5 atom stereocenters. The molecule has 7 aromatic carbocycles. The molecule has 0 radical (unpaired) electrons. The van der Waals surface area contributed by atoms with Crippen molar-refractivity contribution in [2.24, 2.45) is 0 Å². The molecule has 0 spiro atoms. The van der Waals surface area contributed by atoms with E-state index in [1.807, 2.05) is 121 Å². The molecule has 12 nitrogen and oxygen atoms in total. The summed E-state index contributed by atoms with van der Waals surface area (Å²) in [6, 6.07) is 62.5. The number of urea groups is 1. The summed E-state index contributed by atoms with van der Waals surface area (Å²) in [6.07, 6.45) is 1.03. The van der Waals surface area contributed by atoms with Crippen LogP contribution in [0.1, 0.15) is 61.7 Å².